The third kappa shape index (κ3) is 3.77. The summed E-state index contributed by atoms with van der Waals surface area (Å²) in [5.41, 5.74) is 1.08. The lowest BCUT2D eigenvalue weighted by molar-refractivity contribution is -0.698. The maximum absolute atomic E-state index is 11.7. The standard InChI is InChI=1S/C15H16NO.BrH/c1-13(17)15(14-8-4-2-5-9-14)12-16-10-6-3-7-11-16;/h2-11,15H,12H2,1H3;1H/q+1;/p-1. The van der Waals surface area contributed by atoms with Gasteiger partial charge in [-0.2, -0.15) is 0 Å². The molecule has 1 aromatic heterocycles. The molecule has 0 bridgehead atoms. The van der Waals surface area contributed by atoms with E-state index in [0.29, 0.717) is 6.54 Å². The summed E-state index contributed by atoms with van der Waals surface area (Å²) in [5.74, 6) is 0.135. The summed E-state index contributed by atoms with van der Waals surface area (Å²) in [6.45, 7) is 2.35. The van der Waals surface area contributed by atoms with Gasteiger partial charge in [-0.15, -0.1) is 0 Å². The topological polar surface area (TPSA) is 20.9 Å². The number of carbonyl (C=O) groups is 1. The fraction of sp³-hybridized carbons (Fsp3) is 0.200. The van der Waals surface area contributed by atoms with Crippen LogP contribution >= 0.6 is 0 Å². The summed E-state index contributed by atoms with van der Waals surface area (Å²) in [6, 6.07) is 15.9. The molecule has 0 radical (unpaired) electrons. The second kappa shape index (κ2) is 7.07. The highest BCUT2D eigenvalue weighted by Gasteiger charge is 2.20. The average Bonchev–Trinajstić information content (AvgIpc) is 2.38. The summed E-state index contributed by atoms with van der Waals surface area (Å²) >= 11 is 0. The number of nitrogens with zero attached hydrogens (tertiary/aromatic N) is 1. The predicted molar refractivity (Wildman–Crippen MR) is 66.5 cm³/mol. The molecule has 1 atom stereocenters. The Bertz CT molecular complexity index is 484. The van der Waals surface area contributed by atoms with Gasteiger partial charge < -0.3 is 17.0 Å². The maximum Gasteiger partial charge on any atom is 0.168 e. The lowest BCUT2D eigenvalue weighted by atomic mass is 9.95. The first-order valence-electron chi connectivity index (χ1n) is 5.77. The van der Waals surface area contributed by atoms with Crippen LogP contribution in [0.25, 0.3) is 0 Å². The molecule has 0 saturated heterocycles. The van der Waals surface area contributed by atoms with Crippen LogP contribution in [-0.2, 0) is 11.3 Å². The van der Waals surface area contributed by atoms with Gasteiger partial charge in [-0.3, -0.25) is 4.79 Å². The van der Waals surface area contributed by atoms with Crippen molar-refractivity contribution in [3.8, 4) is 0 Å². The minimum absolute atomic E-state index is 0. The molecule has 0 N–H and O–H groups in total. The molecule has 0 saturated carbocycles. The number of hydrogen-bond acceptors (Lipinski definition) is 1. The molecule has 1 unspecified atom stereocenters. The highest BCUT2D eigenvalue weighted by Crippen LogP contribution is 2.16. The van der Waals surface area contributed by atoms with E-state index in [1.165, 1.54) is 0 Å². The normalized spacial score (nSPS) is 11.4. The molecule has 0 aliphatic heterocycles. The number of halogens is 1. The molecule has 0 spiro atoms. The molecule has 3 heteroatoms. The van der Waals surface area contributed by atoms with Gasteiger partial charge in [0.25, 0.3) is 0 Å². The molecule has 0 amide bonds. The molecule has 0 aliphatic carbocycles. The van der Waals surface area contributed by atoms with E-state index in [9.17, 15) is 4.79 Å². The van der Waals surface area contributed by atoms with Crippen molar-refractivity contribution in [2.45, 2.75) is 19.4 Å². The molecule has 2 nitrogen and oxygen atoms in total. The first-order chi connectivity index (χ1) is 8.27. The van der Waals surface area contributed by atoms with Crippen molar-refractivity contribution in [2.24, 2.45) is 0 Å². The Labute approximate surface area is 118 Å². The molecule has 2 aromatic rings. The molecule has 1 heterocycles. The molecule has 0 fully saturated rings. The zero-order valence-electron chi connectivity index (χ0n) is 10.3. The Morgan fingerprint density at radius 1 is 1.06 bits per heavy atom. The lowest BCUT2D eigenvalue weighted by Gasteiger charge is -2.10. The Balaban J connectivity index is 0.00000162. The lowest BCUT2D eigenvalue weighted by Crippen LogP contribution is -3.00. The number of pyridine rings is 1. The highest BCUT2D eigenvalue weighted by molar-refractivity contribution is 5.83. The maximum atomic E-state index is 11.7. The summed E-state index contributed by atoms with van der Waals surface area (Å²) in [7, 11) is 0. The fourth-order valence-electron chi connectivity index (χ4n) is 1.92. The van der Waals surface area contributed by atoms with Gasteiger partial charge in [0.05, 0.1) is 0 Å². The number of hydrogen-bond donors (Lipinski definition) is 0. The number of Topliss-reactive ketones (excluding diaryl/α,β-unsaturated/α-hetero) is 1. The number of carbonyl (C=O) groups excluding carboxylic acids is 1. The number of aromatic nitrogens is 1. The Morgan fingerprint density at radius 2 is 1.61 bits per heavy atom. The van der Waals surface area contributed by atoms with Crippen molar-refractivity contribution in [3.63, 3.8) is 0 Å². The quantitative estimate of drug-likeness (QED) is 0.688. The summed E-state index contributed by atoms with van der Waals surface area (Å²) in [5, 5.41) is 0. The second-order valence-electron chi connectivity index (χ2n) is 4.15. The van der Waals surface area contributed by atoms with Crippen LogP contribution in [0.15, 0.2) is 60.9 Å². The van der Waals surface area contributed by atoms with E-state index in [-0.39, 0.29) is 28.7 Å². The van der Waals surface area contributed by atoms with Gasteiger partial charge >= 0.3 is 0 Å². The number of benzene rings is 1. The second-order valence-corrected chi connectivity index (χ2v) is 4.15. The predicted octanol–water partition coefficient (Wildman–Crippen LogP) is -0.649. The van der Waals surface area contributed by atoms with Gasteiger partial charge in [0, 0.05) is 12.1 Å². The molecule has 1 aromatic carbocycles. The van der Waals surface area contributed by atoms with Crippen LogP contribution in [0.3, 0.4) is 0 Å². The van der Waals surface area contributed by atoms with Crippen LogP contribution in [-0.4, -0.2) is 5.78 Å². The van der Waals surface area contributed by atoms with Gasteiger partial charge in [0.1, 0.15) is 11.7 Å². The van der Waals surface area contributed by atoms with E-state index in [4.69, 9.17) is 0 Å². The van der Waals surface area contributed by atoms with Crippen LogP contribution in [0.2, 0.25) is 0 Å². The molecule has 2 rings (SSSR count). The van der Waals surface area contributed by atoms with Crippen molar-refractivity contribution < 1.29 is 26.3 Å². The Morgan fingerprint density at radius 3 is 2.17 bits per heavy atom. The van der Waals surface area contributed by atoms with E-state index in [2.05, 4.69) is 0 Å². The minimum atomic E-state index is -0.0661. The number of rotatable bonds is 4. The van der Waals surface area contributed by atoms with Gasteiger partial charge in [-0.1, -0.05) is 36.4 Å². The van der Waals surface area contributed by atoms with E-state index in [1.54, 1.807) is 6.92 Å². The van der Waals surface area contributed by atoms with Gasteiger partial charge in [0.15, 0.2) is 18.9 Å². The summed E-state index contributed by atoms with van der Waals surface area (Å²) < 4.78 is 2.04. The highest BCUT2D eigenvalue weighted by atomic mass is 79.9. The Kier molecular flexibility index (Phi) is 5.72. The third-order valence-corrected chi connectivity index (χ3v) is 2.86. The zero-order chi connectivity index (χ0) is 12.1. The van der Waals surface area contributed by atoms with Crippen LogP contribution in [0.4, 0.5) is 0 Å². The van der Waals surface area contributed by atoms with Crippen molar-refractivity contribution in [1.29, 1.82) is 0 Å². The van der Waals surface area contributed by atoms with Crippen molar-refractivity contribution in [2.75, 3.05) is 0 Å². The van der Waals surface area contributed by atoms with E-state index < -0.39 is 0 Å². The first-order valence-corrected chi connectivity index (χ1v) is 5.77. The molecule has 18 heavy (non-hydrogen) atoms. The number of ketones is 1. The van der Waals surface area contributed by atoms with E-state index in [0.717, 1.165) is 5.56 Å². The monoisotopic (exact) mass is 305 g/mol. The molecular weight excluding hydrogens is 290 g/mol. The van der Waals surface area contributed by atoms with Crippen LogP contribution in [0.5, 0.6) is 0 Å². The fourth-order valence-corrected chi connectivity index (χ4v) is 1.92. The Hall–Kier alpha value is -1.48. The summed E-state index contributed by atoms with van der Waals surface area (Å²) in [6.07, 6.45) is 3.97. The largest absolute Gasteiger partial charge is 1.00 e. The average molecular weight is 306 g/mol. The van der Waals surface area contributed by atoms with E-state index >= 15 is 0 Å². The molecular formula is C15H16BrNO. The SMILES string of the molecule is CC(=O)C(C[n+]1ccccc1)c1ccccc1.[Br-]. The first kappa shape index (κ1) is 14.6. The van der Waals surface area contributed by atoms with E-state index in [1.807, 2.05) is 65.5 Å². The van der Waals surface area contributed by atoms with Crippen molar-refractivity contribution in [1.82, 2.24) is 0 Å². The van der Waals surface area contributed by atoms with Crippen molar-refractivity contribution >= 4 is 5.78 Å². The minimum Gasteiger partial charge on any atom is -1.00 e. The van der Waals surface area contributed by atoms with Crippen LogP contribution in [0, 0.1) is 0 Å². The van der Waals surface area contributed by atoms with Gasteiger partial charge in [0.2, 0.25) is 0 Å². The third-order valence-electron chi connectivity index (χ3n) is 2.86. The molecule has 0 aliphatic rings. The van der Waals surface area contributed by atoms with Crippen LogP contribution < -0.4 is 21.5 Å². The van der Waals surface area contributed by atoms with Crippen molar-refractivity contribution in [3.05, 3.63) is 66.5 Å². The van der Waals surface area contributed by atoms with Gasteiger partial charge in [-0.05, 0) is 12.5 Å². The van der Waals surface area contributed by atoms with Gasteiger partial charge in [-0.25, -0.2) is 4.57 Å². The van der Waals surface area contributed by atoms with Crippen LogP contribution in [0.1, 0.15) is 18.4 Å². The summed E-state index contributed by atoms with van der Waals surface area (Å²) in [4.78, 5) is 11.7. The molecule has 94 valence electrons. The zero-order valence-corrected chi connectivity index (χ0v) is 11.9. The smallest absolute Gasteiger partial charge is 0.168 e.